The molecule has 0 spiro atoms. The molecule has 1 aromatic heterocycles. The molecular formula is C33H43ClN4O6S. The first-order valence-electron chi connectivity index (χ1n) is 15.2. The van der Waals surface area contributed by atoms with Crippen molar-refractivity contribution < 1.29 is 28.6 Å². The lowest BCUT2D eigenvalue weighted by Gasteiger charge is -2.41. The summed E-state index contributed by atoms with van der Waals surface area (Å²) in [6.07, 6.45) is -1.13. The van der Waals surface area contributed by atoms with Gasteiger partial charge in [-0.2, -0.15) is 4.68 Å². The van der Waals surface area contributed by atoms with Crippen molar-refractivity contribution in [2.45, 2.75) is 70.8 Å². The molecule has 2 aromatic carbocycles. The van der Waals surface area contributed by atoms with Crippen molar-refractivity contribution in [2.24, 2.45) is 11.8 Å². The second-order valence-corrected chi connectivity index (χ2v) is 14.3. The first-order valence-corrected chi connectivity index (χ1v) is 16.6. The number of ether oxygens (including phenoxy) is 3. The van der Waals surface area contributed by atoms with Crippen LogP contribution in [0.15, 0.2) is 47.4 Å². The smallest absolute Gasteiger partial charge is 0.435 e. The largest absolute Gasteiger partial charge is 0.474 e. The molecule has 1 saturated heterocycles. The molecule has 3 aromatic rings. The van der Waals surface area contributed by atoms with E-state index < -0.39 is 23.8 Å². The number of hydrogen-bond donors (Lipinski definition) is 0. The molecule has 1 fully saturated rings. The molecule has 1 unspecified atom stereocenters. The molecule has 0 bridgehead atoms. The van der Waals surface area contributed by atoms with E-state index in [-0.39, 0.29) is 43.4 Å². The Labute approximate surface area is 274 Å². The summed E-state index contributed by atoms with van der Waals surface area (Å²) in [6, 6.07) is 13.2. The van der Waals surface area contributed by atoms with Crippen LogP contribution >= 0.6 is 23.4 Å². The number of hydrogen-bond acceptors (Lipinski definition) is 8. The second-order valence-electron chi connectivity index (χ2n) is 12.8. The van der Waals surface area contributed by atoms with Gasteiger partial charge in [0.05, 0.1) is 28.6 Å². The number of halogens is 1. The third kappa shape index (κ3) is 9.07. The molecule has 0 saturated carbocycles. The maximum absolute atomic E-state index is 13.2. The van der Waals surface area contributed by atoms with E-state index in [1.165, 1.54) is 4.68 Å². The van der Waals surface area contributed by atoms with Gasteiger partial charge in [0.25, 0.3) is 0 Å². The molecule has 0 N–H and O–H groups in total. The zero-order valence-corrected chi connectivity index (χ0v) is 28.6. The van der Waals surface area contributed by atoms with Gasteiger partial charge in [-0.1, -0.05) is 69.6 Å². The predicted molar refractivity (Wildman–Crippen MR) is 176 cm³/mol. The Morgan fingerprint density at radius 1 is 1.04 bits per heavy atom. The molecule has 1 aliphatic heterocycles. The van der Waals surface area contributed by atoms with Crippen LogP contribution < -0.4 is 4.74 Å². The summed E-state index contributed by atoms with van der Waals surface area (Å²) in [6.45, 7) is 14.2. The Bertz CT molecular complexity index is 1500. The minimum absolute atomic E-state index is 0.00459. The van der Waals surface area contributed by atoms with Crippen LogP contribution in [0.3, 0.4) is 0 Å². The van der Waals surface area contributed by atoms with Gasteiger partial charge in [0.1, 0.15) is 12.2 Å². The van der Waals surface area contributed by atoms with E-state index in [1.807, 2.05) is 70.2 Å². The minimum atomic E-state index is -0.692. The van der Waals surface area contributed by atoms with E-state index in [1.54, 1.807) is 42.3 Å². The number of carbonyl (C=O) groups is 3. The monoisotopic (exact) mass is 658 g/mol. The van der Waals surface area contributed by atoms with Gasteiger partial charge in [-0.15, -0.1) is 16.9 Å². The first kappa shape index (κ1) is 34.4. The lowest BCUT2D eigenvalue weighted by atomic mass is 10.1. The van der Waals surface area contributed by atoms with Crippen LogP contribution in [-0.4, -0.2) is 82.2 Å². The van der Waals surface area contributed by atoms with Crippen LogP contribution in [0.4, 0.5) is 9.59 Å². The maximum atomic E-state index is 13.2. The van der Waals surface area contributed by atoms with E-state index in [0.717, 1.165) is 10.5 Å². The number of benzene rings is 2. The average molecular weight is 659 g/mol. The summed E-state index contributed by atoms with van der Waals surface area (Å²) in [4.78, 5) is 43.4. The van der Waals surface area contributed by atoms with Gasteiger partial charge in [-0.3, -0.25) is 9.69 Å². The second kappa shape index (κ2) is 14.8. The number of amides is 2. The molecule has 1 atom stereocenters. The van der Waals surface area contributed by atoms with Crippen LogP contribution in [0.5, 0.6) is 5.88 Å². The quantitative estimate of drug-likeness (QED) is 0.224. The summed E-state index contributed by atoms with van der Waals surface area (Å²) >= 11 is 8.42. The van der Waals surface area contributed by atoms with Crippen molar-refractivity contribution in [1.82, 2.24) is 19.6 Å². The average Bonchev–Trinajstić information content (AvgIpc) is 3.35. The SMILES string of the molecule is CC(C)COC(=O)n1nc(OCC2CN(C(=O)C(C)C)CCN2C(=O)OC(C)(C)C)c2c(Cl)cc(SCc3ccccc3)cc21. The zero-order chi connectivity index (χ0) is 32.9. The number of thioether (sulfide) groups is 1. The predicted octanol–water partition coefficient (Wildman–Crippen LogP) is 7.11. The zero-order valence-electron chi connectivity index (χ0n) is 27.0. The Morgan fingerprint density at radius 3 is 2.40 bits per heavy atom. The van der Waals surface area contributed by atoms with Crippen molar-refractivity contribution in [3.63, 3.8) is 0 Å². The van der Waals surface area contributed by atoms with Crippen LogP contribution in [0.1, 0.15) is 54.0 Å². The Balaban J connectivity index is 1.64. The fourth-order valence-corrected chi connectivity index (χ4v) is 6.09. The normalized spacial score (nSPS) is 15.6. The number of nitrogens with zero attached hydrogens (tertiary/aromatic N) is 4. The van der Waals surface area contributed by atoms with Gasteiger partial charge in [0.15, 0.2) is 0 Å². The van der Waals surface area contributed by atoms with E-state index in [2.05, 4.69) is 5.10 Å². The molecule has 2 amide bonds. The van der Waals surface area contributed by atoms with Crippen LogP contribution in [0.25, 0.3) is 10.9 Å². The van der Waals surface area contributed by atoms with Crippen LogP contribution in [0, 0.1) is 11.8 Å². The Hall–Kier alpha value is -3.44. The molecule has 10 nitrogen and oxygen atoms in total. The van der Waals surface area contributed by atoms with Gasteiger partial charge in [-0.05, 0) is 44.4 Å². The van der Waals surface area contributed by atoms with E-state index in [9.17, 15) is 14.4 Å². The van der Waals surface area contributed by atoms with Crippen molar-refractivity contribution in [1.29, 1.82) is 0 Å². The van der Waals surface area contributed by atoms with E-state index in [4.69, 9.17) is 25.8 Å². The standard InChI is InChI=1S/C33H43ClN4O6S/c1-21(2)18-43-32(41)38-27-16-25(45-20-23-11-9-8-10-12-23)15-26(34)28(27)29(35-38)42-19-24-17-36(30(39)22(3)4)13-14-37(24)31(40)44-33(5,6)7/h8-12,15-16,21-22,24H,13-14,17-20H2,1-7H3. The highest BCUT2D eigenvalue weighted by Crippen LogP contribution is 2.37. The third-order valence-corrected chi connectivity index (χ3v) is 8.31. The summed E-state index contributed by atoms with van der Waals surface area (Å²) in [7, 11) is 0. The van der Waals surface area contributed by atoms with Crippen molar-refractivity contribution in [2.75, 3.05) is 32.8 Å². The van der Waals surface area contributed by atoms with Crippen molar-refractivity contribution in [3.05, 3.63) is 53.1 Å². The molecule has 0 aliphatic carbocycles. The molecule has 45 heavy (non-hydrogen) atoms. The number of aromatic nitrogens is 2. The highest BCUT2D eigenvalue weighted by Gasteiger charge is 2.36. The summed E-state index contributed by atoms with van der Waals surface area (Å²) in [5.41, 5.74) is 0.910. The fourth-order valence-electron chi connectivity index (χ4n) is 4.80. The van der Waals surface area contributed by atoms with Gasteiger partial charge in [0, 0.05) is 36.2 Å². The summed E-state index contributed by atoms with van der Waals surface area (Å²) in [5.74, 6) is 0.784. The fraction of sp³-hybridized carbons (Fsp3) is 0.515. The third-order valence-electron chi connectivity index (χ3n) is 6.97. The van der Waals surface area contributed by atoms with Gasteiger partial charge >= 0.3 is 12.2 Å². The number of rotatable bonds is 9. The Morgan fingerprint density at radius 2 is 1.76 bits per heavy atom. The topological polar surface area (TPSA) is 103 Å². The van der Waals surface area contributed by atoms with Gasteiger partial charge < -0.3 is 19.1 Å². The molecule has 244 valence electrons. The van der Waals surface area contributed by atoms with Crippen molar-refractivity contribution in [3.8, 4) is 5.88 Å². The molecule has 12 heteroatoms. The Kier molecular flexibility index (Phi) is 11.3. The minimum Gasteiger partial charge on any atom is -0.474 e. The lowest BCUT2D eigenvalue weighted by Crippen LogP contribution is -2.59. The highest BCUT2D eigenvalue weighted by molar-refractivity contribution is 7.98. The summed E-state index contributed by atoms with van der Waals surface area (Å²) in [5, 5.41) is 5.32. The molecule has 4 rings (SSSR count). The number of fused-ring (bicyclic) bond motifs is 1. The first-order chi connectivity index (χ1) is 21.2. The van der Waals surface area contributed by atoms with Crippen LogP contribution in [0.2, 0.25) is 5.02 Å². The molecule has 0 radical (unpaired) electrons. The maximum Gasteiger partial charge on any atom is 0.435 e. The van der Waals surface area contributed by atoms with E-state index in [0.29, 0.717) is 34.8 Å². The highest BCUT2D eigenvalue weighted by atomic mass is 35.5. The lowest BCUT2D eigenvalue weighted by molar-refractivity contribution is -0.137. The van der Waals surface area contributed by atoms with Crippen LogP contribution in [-0.2, 0) is 20.0 Å². The molecule has 1 aliphatic rings. The van der Waals surface area contributed by atoms with Gasteiger partial charge in [-0.25, -0.2) is 9.59 Å². The number of piperazine rings is 1. The molecular weight excluding hydrogens is 616 g/mol. The van der Waals surface area contributed by atoms with E-state index >= 15 is 0 Å². The van der Waals surface area contributed by atoms with Crippen molar-refractivity contribution >= 4 is 52.4 Å². The summed E-state index contributed by atoms with van der Waals surface area (Å²) < 4.78 is 18.6. The number of carbonyl (C=O) groups excluding carboxylic acids is 3. The van der Waals surface area contributed by atoms with Gasteiger partial charge in [0.2, 0.25) is 11.8 Å². The molecule has 2 heterocycles.